The van der Waals surface area contributed by atoms with Gasteiger partial charge in [0.15, 0.2) is 0 Å². The zero-order valence-electron chi connectivity index (χ0n) is 16.3. The molecule has 1 unspecified atom stereocenters. The number of halogens is 2. The van der Waals surface area contributed by atoms with E-state index in [0.717, 1.165) is 17.7 Å². The average Bonchev–Trinajstić information content (AvgIpc) is 3.16. The van der Waals surface area contributed by atoms with Crippen molar-refractivity contribution in [2.45, 2.75) is 20.3 Å². The van der Waals surface area contributed by atoms with E-state index in [4.69, 9.17) is 27.8 Å². The number of ether oxygens (including phenoxy) is 1. The Morgan fingerprint density at radius 2 is 2.07 bits per heavy atom. The summed E-state index contributed by atoms with van der Waals surface area (Å²) in [4.78, 5) is 0. The van der Waals surface area contributed by atoms with Crippen LogP contribution < -0.4 is 16.8 Å². The Balaban J connectivity index is 2.50. The number of hydrogen-bond donors (Lipinski definition) is 3. The van der Waals surface area contributed by atoms with Gasteiger partial charge in [0.1, 0.15) is 5.82 Å². The molecule has 0 radical (unpaired) electrons. The molecule has 1 atom stereocenters. The predicted molar refractivity (Wildman–Crippen MR) is 115 cm³/mol. The van der Waals surface area contributed by atoms with Crippen LogP contribution in [0.5, 0.6) is 0 Å². The Labute approximate surface area is 171 Å². The molecule has 6 heteroatoms. The maximum Gasteiger partial charge on any atom is 0.132 e. The second-order valence-corrected chi connectivity index (χ2v) is 7.29. The Kier molecular flexibility index (Phi) is 7.91. The van der Waals surface area contributed by atoms with E-state index < -0.39 is 5.82 Å². The highest BCUT2D eigenvalue weighted by Gasteiger charge is 2.21. The molecule has 0 aliphatic carbocycles. The molecule has 4 nitrogen and oxygen atoms in total. The van der Waals surface area contributed by atoms with Crippen LogP contribution in [-0.2, 0) is 4.74 Å². The highest BCUT2D eigenvalue weighted by Crippen LogP contribution is 2.24. The van der Waals surface area contributed by atoms with Gasteiger partial charge in [-0.25, -0.2) is 4.39 Å². The molecular formula is C22H27ClFN3O. The first-order valence-corrected chi connectivity index (χ1v) is 9.44. The Morgan fingerprint density at radius 3 is 2.68 bits per heavy atom. The number of nitrogens with one attached hydrogen (secondary N) is 1. The fraction of sp³-hybridized carbons (Fsp3) is 0.273. The number of rotatable bonds is 7. The van der Waals surface area contributed by atoms with E-state index in [1.807, 2.05) is 26.0 Å². The average molecular weight is 404 g/mol. The molecule has 1 aromatic rings. The predicted octanol–water partition coefficient (Wildman–Crippen LogP) is 4.61. The van der Waals surface area contributed by atoms with Crippen molar-refractivity contribution in [3.8, 4) is 0 Å². The van der Waals surface area contributed by atoms with Gasteiger partial charge >= 0.3 is 0 Å². The zero-order chi connectivity index (χ0) is 20.7. The molecule has 0 spiro atoms. The van der Waals surface area contributed by atoms with Crippen LogP contribution in [0.2, 0.25) is 5.02 Å². The molecule has 5 N–H and O–H groups in total. The van der Waals surface area contributed by atoms with Crippen molar-refractivity contribution in [3.63, 3.8) is 0 Å². The lowest BCUT2D eigenvalue weighted by molar-refractivity contribution is 0.190. The van der Waals surface area contributed by atoms with Crippen molar-refractivity contribution in [1.82, 2.24) is 5.32 Å². The quantitative estimate of drug-likeness (QED) is 0.581. The molecule has 0 amide bonds. The summed E-state index contributed by atoms with van der Waals surface area (Å²) in [7, 11) is 0. The molecule has 1 aliphatic rings. The first kappa shape index (κ1) is 21.8. The van der Waals surface area contributed by atoms with E-state index >= 15 is 0 Å². The molecular weight excluding hydrogens is 377 g/mol. The van der Waals surface area contributed by atoms with Gasteiger partial charge in [-0.3, -0.25) is 0 Å². The summed E-state index contributed by atoms with van der Waals surface area (Å²) < 4.78 is 19.7. The first-order chi connectivity index (χ1) is 13.3. The molecule has 1 heterocycles. The maximum absolute atomic E-state index is 14.2. The fourth-order valence-electron chi connectivity index (χ4n) is 2.86. The third-order valence-corrected chi connectivity index (χ3v) is 4.48. The summed E-state index contributed by atoms with van der Waals surface area (Å²) in [5, 5.41) is 3.70. The normalized spacial score (nSPS) is 18.5. The van der Waals surface area contributed by atoms with Crippen LogP contribution in [0.25, 0.3) is 5.70 Å². The third kappa shape index (κ3) is 6.01. The van der Waals surface area contributed by atoms with E-state index in [2.05, 4.69) is 11.9 Å². The lowest BCUT2D eigenvalue weighted by Gasteiger charge is -2.17. The van der Waals surface area contributed by atoms with Crippen LogP contribution in [-0.4, -0.2) is 13.2 Å². The summed E-state index contributed by atoms with van der Waals surface area (Å²) in [6.45, 7) is 8.92. The van der Waals surface area contributed by atoms with E-state index in [1.165, 1.54) is 18.2 Å². The van der Waals surface area contributed by atoms with Gasteiger partial charge in [0.2, 0.25) is 0 Å². The molecule has 0 bridgehead atoms. The Hall–Kier alpha value is -2.50. The van der Waals surface area contributed by atoms with Crippen molar-refractivity contribution in [2.24, 2.45) is 17.4 Å². The van der Waals surface area contributed by atoms with Crippen LogP contribution in [0.1, 0.15) is 25.8 Å². The topological polar surface area (TPSA) is 73.3 Å². The molecule has 0 aromatic heterocycles. The van der Waals surface area contributed by atoms with Crippen molar-refractivity contribution < 1.29 is 9.13 Å². The van der Waals surface area contributed by atoms with Gasteiger partial charge < -0.3 is 21.5 Å². The van der Waals surface area contributed by atoms with Gasteiger partial charge in [0, 0.05) is 40.2 Å². The molecule has 2 rings (SSSR count). The lowest BCUT2D eigenvalue weighted by Crippen LogP contribution is -2.22. The summed E-state index contributed by atoms with van der Waals surface area (Å²) in [6, 6.07) is 4.26. The summed E-state index contributed by atoms with van der Waals surface area (Å²) in [5.41, 5.74) is 16.2. The van der Waals surface area contributed by atoms with Gasteiger partial charge in [-0.1, -0.05) is 29.8 Å². The van der Waals surface area contributed by atoms with Crippen LogP contribution >= 0.6 is 11.6 Å². The number of benzene rings is 1. The zero-order valence-corrected chi connectivity index (χ0v) is 17.0. The van der Waals surface area contributed by atoms with Gasteiger partial charge in [-0.15, -0.1) is 0 Å². The van der Waals surface area contributed by atoms with Crippen LogP contribution in [0, 0.1) is 11.7 Å². The van der Waals surface area contributed by atoms with E-state index in [9.17, 15) is 4.39 Å². The maximum atomic E-state index is 14.2. The van der Waals surface area contributed by atoms with Crippen LogP contribution in [0.4, 0.5) is 4.39 Å². The second-order valence-electron chi connectivity index (χ2n) is 6.86. The minimum Gasteiger partial charge on any atom is -0.400 e. The lowest BCUT2D eigenvalue weighted by atomic mass is 10.0. The van der Waals surface area contributed by atoms with Crippen molar-refractivity contribution in [3.05, 3.63) is 88.1 Å². The van der Waals surface area contributed by atoms with E-state index in [-0.39, 0.29) is 17.2 Å². The van der Waals surface area contributed by atoms with Crippen molar-refractivity contribution in [1.29, 1.82) is 0 Å². The smallest absolute Gasteiger partial charge is 0.132 e. The second kappa shape index (κ2) is 10.2. The van der Waals surface area contributed by atoms with Gasteiger partial charge in [-0.05, 0) is 56.7 Å². The van der Waals surface area contributed by atoms with Crippen LogP contribution in [0.3, 0.4) is 0 Å². The van der Waals surface area contributed by atoms with Gasteiger partial charge in [-0.2, -0.15) is 0 Å². The van der Waals surface area contributed by atoms with Gasteiger partial charge in [0.05, 0.1) is 12.3 Å². The SMILES string of the molecule is C=C/C=C(\C=C(C)C)NC(/C=C(\N)c1cc(Cl)ccc1F)=C(/N)C1CCOC1. The van der Waals surface area contributed by atoms with Gasteiger partial charge in [0.25, 0.3) is 0 Å². The fourth-order valence-corrected chi connectivity index (χ4v) is 3.03. The highest BCUT2D eigenvalue weighted by molar-refractivity contribution is 6.30. The summed E-state index contributed by atoms with van der Waals surface area (Å²) in [5.74, 6) is -0.390. The van der Waals surface area contributed by atoms with Crippen LogP contribution in [0.15, 0.2) is 71.7 Å². The van der Waals surface area contributed by atoms with E-state index in [1.54, 1.807) is 12.2 Å². The largest absolute Gasteiger partial charge is 0.400 e. The Bertz CT molecular complexity index is 845. The number of nitrogens with two attached hydrogens (primary N) is 2. The van der Waals surface area contributed by atoms with E-state index in [0.29, 0.717) is 29.6 Å². The molecule has 1 saturated heterocycles. The van der Waals surface area contributed by atoms with Crippen molar-refractivity contribution >= 4 is 17.3 Å². The third-order valence-electron chi connectivity index (χ3n) is 4.24. The number of allylic oxidation sites excluding steroid dienone is 5. The summed E-state index contributed by atoms with van der Waals surface area (Å²) >= 11 is 6.00. The van der Waals surface area contributed by atoms with Crippen molar-refractivity contribution in [2.75, 3.05) is 13.2 Å². The molecule has 1 aromatic carbocycles. The highest BCUT2D eigenvalue weighted by atomic mass is 35.5. The summed E-state index contributed by atoms with van der Waals surface area (Å²) in [6.07, 6.45) is 7.93. The first-order valence-electron chi connectivity index (χ1n) is 9.06. The Morgan fingerprint density at radius 1 is 1.32 bits per heavy atom. The molecule has 28 heavy (non-hydrogen) atoms. The minimum atomic E-state index is -0.452. The standard InChI is InChI=1S/C22H27ClFN3O/c1-4-5-17(10-14(2)3)27-21(22(26)15-8-9-28-13-15)12-20(25)18-11-16(23)6-7-19(18)24/h4-7,10-12,15,27H,1,8-9,13,25-26H2,2-3H3/b17-5+,20-12-,22-21+. The molecule has 1 aliphatic heterocycles. The molecule has 150 valence electrons. The monoisotopic (exact) mass is 403 g/mol. The molecule has 1 fully saturated rings. The molecule has 0 saturated carbocycles. The minimum absolute atomic E-state index is 0.0624. The number of hydrogen-bond acceptors (Lipinski definition) is 4.